The maximum absolute atomic E-state index is 14.4. The molecule has 0 radical (unpaired) electrons. The largest absolute Gasteiger partial charge is 0.327 e. The monoisotopic (exact) mass is 641 g/mol. The number of halogens is 1. The highest BCUT2D eigenvalue weighted by Gasteiger charge is 2.66. The average Bonchev–Trinajstić information content (AvgIpc) is 3.45. The van der Waals surface area contributed by atoms with Gasteiger partial charge < -0.3 is 4.90 Å². The third-order valence-corrected chi connectivity index (χ3v) is 10.4. The van der Waals surface area contributed by atoms with E-state index in [2.05, 4.69) is 16.0 Å². The van der Waals surface area contributed by atoms with E-state index < -0.39 is 6.04 Å². The van der Waals surface area contributed by atoms with Gasteiger partial charge in [-0.3, -0.25) is 23.9 Å². The fourth-order valence-electron chi connectivity index (χ4n) is 7.67. The van der Waals surface area contributed by atoms with Gasteiger partial charge in [0, 0.05) is 62.0 Å². The minimum Gasteiger partial charge on any atom is -0.327 e. The summed E-state index contributed by atoms with van der Waals surface area (Å²) in [4.78, 5) is 64.1. The van der Waals surface area contributed by atoms with E-state index >= 15 is 0 Å². The second-order valence-electron chi connectivity index (χ2n) is 14.0. The molecule has 0 unspecified atom stereocenters. The minimum atomic E-state index is -0.665. The molecule has 9 nitrogen and oxygen atoms in total. The van der Waals surface area contributed by atoms with Crippen molar-refractivity contribution in [2.24, 2.45) is 5.41 Å². The van der Waals surface area contributed by atoms with Crippen molar-refractivity contribution in [1.82, 2.24) is 24.6 Å². The first-order valence-corrected chi connectivity index (χ1v) is 17.0. The third kappa shape index (κ3) is 6.69. The van der Waals surface area contributed by atoms with Crippen LogP contribution in [-0.2, 0) is 27.3 Å². The number of amides is 1. The Balaban J connectivity index is 1.40. The molecule has 0 spiro atoms. The van der Waals surface area contributed by atoms with E-state index in [1.54, 1.807) is 35.8 Å². The Hall–Kier alpha value is -4.08. The molecule has 1 amide bonds. The quantitative estimate of drug-likeness (QED) is 0.271. The van der Waals surface area contributed by atoms with Crippen molar-refractivity contribution in [3.8, 4) is 11.1 Å². The normalized spacial score (nSPS) is 23.4. The third-order valence-electron chi connectivity index (χ3n) is 10.4. The molecule has 3 aliphatic rings. The van der Waals surface area contributed by atoms with Crippen LogP contribution in [0.5, 0.6) is 0 Å². The lowest BCUT2D eigenvalue weighted by Crippen LogP contribution is -2.44. The maximum atomic E-state index is 14.4. The van der Waals surface area contributed by atoms with Crippen molar-refractivity contribution in [3.05, 3.63) is 53.0 Å². The van der Waals surface area contributed by atoms with Gasteiger partial charge in [-0.25, -0.2) is 14.4 Å². The van der Waals surface area contributed by atoms with Crippen LogP contribution in [0.15, 0.2) is 35.9 Å². The zero-order chi connectivity index (χ0) is 33.5. The van der Waals surface area contributed by atoms with Crippen LogP contribution in [0.25, 0.3) is 22.0 Å². The zero-order valence-electron chi connectivity index (χ0n) is 27.9. The van der Waals surface area contributed by atoms with Gasteiger partial charge in [0.15, 0.2) is 11.6 Å². The summed E-state index contributed by atoms with van der Waals surface area (Å²) in [5.74, 6) is 0.000858. The summed E-state index contributed by atoms with van der Waals surface area (Å²) in [6, 6.07) is 3.20. The summed E-state index contributed by atoms with van der Waals surface area (Å²) in [6.07, 6.45) is 10.8. The van der Waals surface area contributed by atoms with E-state index in [1.165, 1.54) is 6.92 Å². The van der Waals surface area contributed by atoms with Crippen LogP contribution in [0, 0.1) is 12.3 Å². The second-order valence-corrected chi connectivity index (χ2v) is 14.0. The fourth-order valence-corrected chi connectivity index (χ4v) is 7.67. The van der Waals surface area contributed by atoms with Gasteiger partial charge >= 0.3 is 0 Å². The van der Waals surface area contributed by atoms with Gasteiger partial charge in [0.25, 0.3) is 0 Å². The Kier molecular flexibility index (Phi) is 9.23. The molecule has 10 heteroatoms. The molecule has 6 rings (SSSR count). The second kappa shape index (κ2) is 13.2. The lowest BCUT2D eigenvalue weighted by Gasteiger charge is -2.27. The lowest BCUT2D eigenvalue weighted by atomic mass is 9.90. The van der Waals surface area contributed by atoms with Crippen molar-refractivity contribution < 1.29 is 23.6 Å². The van der Waals surface area contributed by atoms with Gasteiger partial charge in [0.2, 0.25) is 5.91 Å². The Bertz CT molecular complexity index is 1770. The van der Waals surface area contributed by atoms with Crippen molar-refractivity contribution in [1.29, 1.82) is 0 Å². The number of hydrogen-bond acceptors (Lipinski definition) is 7. The first-order chi connectivity index (χ1) is 22.5. The number of carbonyl (C=O) groups excluding carboxylic acids is 4. The van der Waals surface area contributed by atoms with Crippen LogP contribution in [0.2, 0.25) is 0 Å². The number of benzene rings is 1. The number of nitrogens with zero attached hydrogens (tertiary/aromatic N) is 5. The Morgan fingerprint density at radius 3 is 2.36 bits per heavy atom. The van der Waals surface area contributed by atoms with Crippen LogP contribution in [0.1, 0.15) is 113 Å². The summed E-state index contributed by atoms with van der Waals surface area (Å²) in [5.41, 5.74) is 3.98. The van der Waals surface area contributed by atoms with Crippen LogP contribution < -0.4 is 0 Å². The molecule has 47 heavy (non-hydrogen) atoms. The summed E-state index contributed by atoms with van der Waals surface area (Å²) in [7, 11) is 0. The fraction of sp³-hybridized carbons (Fsp3) is 0.541. The molecular formula is C37H44FN5O4. The molecule has 1 aromatic carbocycles. The molecule has 2 aromatic heterocycles. The number of piperidine rings is 1. The zero-order valence-corrected chi connectivity index (χ0v) is 27.9. The average molecular weight is 642 g/mol. The first-order valence-electron chi connectivity index (χ1n) is 17.0. The van der Waals surface area contributed by atoms with E-state index in [1.807, 2.05) is 13.0 Å². The number of ketones is 3. The molecule has 2 bridgehead atoms. The molecule has 3 aromatic rings. The number of aromatic nitrogens is 4. The number of hydrogen-bond donors (Lipinski definition) is 0. The van der Waals surface area contributed by atoms with Crippen molar-refractivity contribution >= 4 is 34.2 Å². The van der Waals surface area contributed by atoms with Crippen molar-refractivity contribution in [3.63, 3.8) is 0 Å². The standard InChI is InChI=1S/C37H44FN5O4/c1-22(2)30(38)11-12-32(46)31-17-37-14-13-28(45)10-8-6-5-7-9-25-15-26(27-19-39-24(4)40-20-27)16-29-35(23(3)44)41-42(36(25)29)21-34(47)43(31)33(37)18-37/h15-16,19-20,31,33H,5-14,17-18,21H2,1-4H3/t31-,33+,37-/m0/s1. The SMILES string of the molecule is CC(=O)c1nn2c3c(cc(-c4cnc(C)nc4)cc13)CCCCCCC(=O)CC[C@@]13C[C@@H](C(=O)CCC(F)=C(C)C)N(C(=O)C2)[C@@H]1C3. The molecule has 1 saturated carbocycles. The molecule has 2 aliphatic heterocycles. The van der Waals surface area contributed by atoms with Gasteiger partial charge in [0.1, 0.15) is 23.8 Å². The molecule has 1 saturated heterocycles. The van der Waals surface area contributed by atoms with E-state index in [-0.39, 0.29) is 59.9 Å². The topological polar surface area (TPSA) is 115 Å². The van der Waals surface area contributed by atoms with Gasteiger partial charge in [-0.2, -0.15) is 5.10 Å². The molecule has 4 heterocycles. The van der Waals surface area contributed by atoms with Crippen molar-refractivity contribution in [2.75, 3.05) is 0 Å². The first kappa shape index (κ1) is 32.8. The van der Waals surface area contributed by atoms with Crippen LogP contribution in [0.3, 0.4) is 0 Å². The highest BCUT2D eigenvalue weighted by molar-refractivity contribution is 6.07. The summed E-state index contributed by atoms with van der Waals surface area (Å²) in [6.45, 7) is 6.55. The molecule has 0 N–H and O–H groups in total. The Morgan fingerprint density at radius 1 is 0.936 bits per heavy atom. The number of Topliss-reactive ketones (excluding diaryl/α,β-unsaturated/α-hetero) is 3. The number of allylic oxidation sites excluding steroid dienone is 2. The predicted molar refractivity (Wildman–Crippen MR) is 176 cm³/mol. The summed E-state index contributed by atoms with van der Waals surface area (Å²) in [5, 5.41) is 5.39. The number of rotatable bonds is 6. The van der Waals surface area contributed by atoms with Crippen LogP contribution in [-0.4, -0.2) is 60.0 Å². The Morgan fingerprint density at radius 2 is 1.66 bits per heavy atom. The Labute approximate surface area is 275 Å². The smallest absolute Gasteiger partial charge is 0.245 e. The summed E-state index contributed by atoms with van der Waals surface area (Å²) >= 11 is 0. The predicted octanol–water partition coefficient (Wildman–Crippen LogP) is 6.83. The molecular weight excluding hydrogens is 597 g/mol. The van der Waals surface area contributed by atoms with Gasteiger partial charge in [-0.05, 0) is 93.5 Å². The number of aryl methyl sites for hydroxylation is 2. The van der Waals surface area contributed by atoms with E-state index in [4.69, 9.17) is 5.10 Å². The minimum absolute atomic E-state index is 0.0132. The molecule has 248 valence electrons. The van der Waals surface area contributed by atoms with E-state index in [0.29, 0.717) is 54.6 Å². The number of carbonyl (C=O) groups is 4. The van der Waals surface area contributed by atoms with Crippen LogP contribution in [0.4, 0.5) is 4.39 Å². The maximum Gasteiger partial charge on any atom is 0.245 e. The van der Waals surface area contributed by atoms with Gasteiger partial charge in [0.05, 0.1) is 17.4 Å². The van der Waals surface area contributed by atoms with Crippen molar-refractivity contribution in [2.45, 2.75) is 123 Å². The highest BCUT2D eigenvalue weighted by Crippen LogP contribution is 2.62. The van der Waals surface area contributed by atoms with Crippen LogP contribution >= 0.6 is 0 Å². The molecule has 2 fully saturated rings. The van der Waals surface area contributed by atoms with Gasteiger partial charge in [-0.1, -0.05) is 12.8 Å². The molecule has 1 aliphatic carbocycles. The lowest BCUT2D eigenvalue weighted by molar-refractivity contribution is -0.139. The van der Waals surface area contributed by atoms with E-state index in [9.17, 15) is 23.6 Å². The highest BCUT2D eigenvalue weighted by atomic mass is 19.1. The molecule has 3 atom stereocenters. The van der Waals surface area contributed by atoms with Gasteiger partial charge in [-0.15, -0.1) is 0 Å². The summed E-state index contributed by atoms with van der Waals surface area (Å²) < 4.78 is 16.0. The van der Waals surface area contributed by atoms with E-state index in [0.717, 1.165) is 54.3 Å².